The molecule has 17 heavy (non-hydrogen) atoms. The van der Waals surface area contributed by atoms with Crippen molar-refractivity contribution in [2.75, 3.05) is 7.11 Å². The molecule has 2 nitrogen and oxygen atoms in total. The van der Waals surface area contributed by atoms with E-state index in [0.717, 1.165) is 18.4 Å². The van der Waals surface area contributed by atoms with E-state index in [1.54, 1.807) is 0 Å². The monoisotopic (exact) mass is 234 g/mol. The quantitative estimate of drug-likeness (QED) is 0.728. The van der Waals surface area contributed by atoms with Gasteiger partial charge < -0.3 is 4.74 Å². The molecule has 0 fully saturated rings. The number of hydrogen-bond donors (Lipinski definition) is 0. The lowest BCUT2D eigenvalue weighted by molar-refractivity contribution is -0.143. The van der Waals surface area contributed by atoms with Gasteiger partial charge in [-0.05, 0) is 23.5 Å². The second kappa shape index (κ2) is 6.43. The first-order chi connectivity index (χ1) is 8.10. The van der Waals surface area contributed by atoms with Gasteiger partial charge in [0.1, 0.15) is 0 Å². The number of esters is 1. The average molecular weight is 234 g/mol. The van der Waals surface area contributed by atoms with Crippen LogP contribution in [0.5, 0.6) is 0 Å². The summed E-state index contributed by atoms with van der Waals surface area (Å²) in [6.07, 6.45) is 2.23. The fourth-order valence-electron chi connectivity index (χ4n) is 2.10. The molecule has 0 aliphatic heterocycles. The van der Waals surface area contributed by atoms with E-state index in [9.17, 15) is 4.79 Å². The molecule has 0 aliphatic rings. The van der Waals surface area contributed by atoms with E-state index in [0.29, 0.717) is 0 Å². The molecular weight excluding hydrogens is 212 g/mol. The smallest absolute Gasteiger partial charge is 0.313 e. The lowest BCUT2D eigenvalue weighted by atomic mass is 9.88. The number of carbonyl (C=O) groups excluding carboxylic acids is 1. The molecule has 0 aromatic heterocycles. The standard InChI is InChI=1S/C15H22O2/c1-5-6-12-7-9-13(10-8-12)14(11(2)3)15(16)17-4/h7-11,14H,5-6H2,1-4H3. The van der Waals surface area contributed by atoms with Crippen molar-refractivity contribution in [1.82, 2.24) is 0 Å². The summed E-state index contributed by atoms with van der Waals surface area (Å²) in [6, 6.07) is 8.31. The van der Waals surface area contributed by atoms with Crippen LogP contribution in [0.25, 0.3) is 0 Å². The van der Waals surface area contributed by atoms with Crippen LogP contribution >= 0.6 is 0 Å². The molecule has 0 saturated heterocycles. The Morgan fingerprint density at radius 2 is 1.82 bits per heavy atom. The Labute approximate surface area is 104 Å². The molecule has 0 N–H and O–H groups in total. The number of aryl methyl sites for hydroxylation is 1. The van der Waals surface area contributed by atoms with Gasteiger partial charge in [0.2, 0.25) is 0 Å². The van der Waals surface area contributed by atoms with Gasteiger partial charge >= 0.3 is 5.97 Å². The SMILES string of the molecule is CCCc1ccc(C(C(=O)OC)C(C)C)cc1. The van der Waals surface area contributed by atoms with Crippen LogP contribution in [0.1, 0.15) is 44.2 Å². The van der Waals surface area contributed by atoms with Crippen LogP contribution in [0, 0.1) is 5.92 Å². The minimum atomic E-state index is -0.157. The Kier molecular flexibility index (Phi) is 5.20. The van der Waals surface area contributed by atoms with Gasteiger partial charge in [-0.1, -0.05) is 51.5 Å². The van der Waals surface area contributed by atoms with Crippen molar-refractivity contribution in [3.05, 3.63) is 35.4 Å². The third kappa shape index (κ3) is 3.58. The van der Waals surface area contributed by atoms with Gasteiger partial charge in [0, 0.05) is 0 Å². The van der Waals surface area contributed by atoms with Crippen molar-refractivity contribution < 1.29 is 9.53 Å². The molecule has 0 radical (unpaired) electrons. The van der Waals surface area contributed by atoms with Crippen molar-refractivity contribution in [2.24, 2.45) is 5.92 Å². The highest BCUT2D eigenvalue weighted by Gasteiger charge is 2.24. The number of carbonyl (C=O) groups is 1. The summed E-state index contributed by atoms with van der Waals surface area (Å²) in [6.45, 7) is 6.25. The van der Waals surface area contributed by atoms with Gasteiger partial charge in [-0.2, -0.15) is 0 Å². The van der Waals surface area contributed by atoms with Crippen LogP contribution < -0.4 is 0 Å². The predicted molar refractivity (Wildman–Crippen MR) is 70.0 cm³/mol. The lowest BCUT2D eigenvalue weighted by Gasteiger charge is -2.18. The molecule has 0 amide bonds. The molecule has 1 rings (SSSR count). The maximum Gasteiger partial charge on any atom is 0.313 e. The molecule has 0 saturated carbocycles. The maximum absolute atomic E-state index is 11.7. The highest BCUT2D eigenvalue weighted by Crippen LogP contribution is 2.26. The summed E-state index contributed by atoms with van der Waals surface area (Å²) < 4.78 is 4.87. The topological polar surface area (TPSA) is 26.3 Å². The normalized spacial score (nSPS) is 12.5. The zero-order valence-corrected chi connectivity index (χ0v) is 11.2. The summed E-state index contributed by atoms with van der Waals surface area (Å²) in [7, 11) is 1.45. The second-order valence-electron chi connectivity index (χ2n) is 4.74. The number of benzene rings is 1. The Morgan fingerprint density at radius 3 is 2.24 bits per heavy atom. The fourth-order valence-corrected chi connectivity index (χ4v) is 2.10. The van der Waals surface area contributed by atoms with E-state index in [4.69, 9.17) is 4.74 Å². The van der Waals surface area contributed by atoms with Gasteiger partial charge in [0.25, 0.3) is 0 Å². The Hall–Kier alpha value is -1.31. The Balaban J connectivity index is 2.91. The average Bonchev–Trinajstić information content (AvgIpc) is 2.31. The number of methoxy groups -OCH3 is 1. The number of rotatable bonds is 5. The molecule has 1 aromatic rings. The third-order valence-electron chi connectivity index (χ3n) is 3.00. The molecule has 0 spiro atoms. The van der Waals surface area contributed by atoms with E-state index in [1.807, 2.05) is 26.0 Å². The highest BCUT2D eigenvalue weighted by molar-refractivity contribution is 5.78. The van der Waals surface area contributed by atoms with Crippen LogP contribution in [0.2, 0.25) is 0 Å². The van der Waals surface area contributed by atoms with Crippen molar-refractivity contribution >= 4 is 5.97 Å². The summed E-state index contributed by atoms with van der Waals surface area (Å²) in [5.41, 5.74) is 2.37. The Bertz CT molecular complexity index is 352. The van der Waals surface area contributed by atoms with Gasteiger partial charge in [-0.15, -0.1) is 0 Å². The molecule has 0 aliphatic carbocycles. The summed E-state index contributed by atoms with van der Waals surface area (Å²) in [5, 5.41) is 0. The maximum atomic E-state index is 11.7. The molecule has 1 aromatic carbocycles. The molecule has 2 heteroatoms. The van der Waals surface area contributed by atoms with E-state index < -0.39 is 0 Å². The van der Waals surface area contributed by atoms with Crippen molar-refractivity contribution in [3.8, 4) is 0 Å². The Morgan fingerprint density at radius 1 is 1.24 bits per heavy atom. The second-order valence-corrected chi connectivity index (χ2v) is 4.74. The zero-order chi connectivity index (χ0) is 12.8. The highest BCUT2D eigenvalue weighted by atomic mass is 16.5. The van der Waals surface area contributed by atoms with Crippen molar-refractivity contribution in [1.29, 1.82) is 0 Å². The lowest BCUT2D eigenvalue weighted by Crippen LogP contribution is -2.19. The van der Waals surface area contributed by atoms with Crippen molar-refractivity contribution in [3.63, 3.8) is 0 Å². The molecule has 0 bridgehead atoms. The largest absolute Gasteiger partial charge is 0.469 e. The van der Waals surface area contributed by atoms with Crippen LogP contribution in [-0.2, 0) is 16.0 Å². The van der Waals surface area contributed by atoms with E-state index >= 15 is 0 Å². The molecule has 1 atom stereocenters. The fraction of sp³-hybridized carbons (Fsp3) is 0.533. The van der Waals surface area contributed by atoms with Gasteiger partial charge in [-0.25, -0.2) is 0 Å². The first kappa shape index (κ1) is 13.8. The summed E-state index contributed by atoms with van der Waals surface area (Å²) in [4.78, 5) is 11.7. The van der Waals surface area contributed by atoms with Crippen LogP contribution in [0.15, 0.2) is 24.3 Å². The molecule has 94 valence electrons. The van der Waals surface area contributed by atoms with Gasteiger partial charge in [-0.3, -0.25) is 4.79 Å². The van der Waals surface area contributed by atoms with Gasteiger partial charge in [0.05, 0.1) is 13.0 Å². The number of hydrogen-bond acceptors (Lipinski definition) is 2. The van der Waals surface area contributed by atoms with Crippen LogP contribution in [-0.4, -0.2) is 13.1 Å². The van der Waals surface area contributed by atoms with Crippen LogP contribution in [0.3, 0.4) is 0 Å². The van der Waals surface area contributed by atoms with E-state index in [1.165, 1.54) is 12.7 Å². The van der Waals surface area contributed by atoms with E-state index in [2.05, 4.69) is 19.1 Å². The molecule has 0 heterocycles. The number of ether oxygens (including phenoxy) is 1. The molecular formula is C15H22O2. The predicted octanol–water partition coefficient (Wildman–Crippen LogP) is 3.55. The third-order valence-corrected chi connectivity index (χ3v) is 3.00. The molecule has 1 unspecified atom stereocenters. The first-order valence-electron chi connectivity index (χ1n) is 6.26. The van der Waals surface area contributed by atoms with Gasteiger partial charge in [0.15, 0.2) is 0 Å². The zero-order valence-electron chi connectivity index (χ0n) is 11.2. The summed E-state index contributed by atoms with van der Waals surface area (Å²) in [5.74, 6) is -0.0570. The summed E-state index contributed by atoms with van der Waals surface area (Å²) >= 11 is 0. The van der Waals surface area contributed by atoms with Crippen molar-refractivity contribution in [2.45, 2.75) is 39.5 Å². The van der Waals surface area contributed by atoms with E-state index in [-0.39, 0.29) is 17.8 Å². The van der Waals surface area contributed by atoms with Crippen LogP contribution in [0.4, 0.5) is 0 Å². The minimum Gasteiger partial charge on any atom is -0.469 e. The minimum absolute atomic E-state index is 0.150. The first-order valence-corrected chi connectivity index (χ1v) is 6.26.